The van der Waals surface area contributed by atoms with Gasteiger partial charge in [-0.1, -0.05) is 12.1 Å². The minimum Gasteiger partial charge on any atom is -0.494 e. The molecule has 2 aromatic rings. The molecule has 0 aromatic heterocycles. The van der Waals surface area contributed by atoms with Crippen LogP contribution in [-0.2, 0) is 13.0 Å². The van der Waals surface area contributed by atoms with E-state index >= 15 is 0 Å². The number of nitrogens with zero attached hydrogens (tertiary/aromatic N) is 2. The number of carbonyl (C=O) groups is 1. The van der Waals surface area contributed by atoms with Crippen molar-refractivity contribution >= 4 is 5.91 Å². The molecule has 0 atom stereocenters. The SMILES string of the molecule is COc1ccc(C(=O)N2CCN(Cc3ccc4c(c3)CCO4)CC2)cc1F. The predicted molar refractivity (Wildman–Crippen MR) is 99.8 cm³/mol. The largest absolute Gasteiger partial charge is 0.494 e. The van der Waals surface area contributed by atoms with Crippen molar-refractivity contribution in [2.75, 3.05) is 39.9 Å². The molecule has 2 aliphatic heterocycles. The lowest BCUT2D eigenvalue weighted by Crippen LogP contribution is -2.48. The molecule has 0 N–H and O–H groups in total. The summed E-state index contributed by atoms with van der Waals surface area (Å²) in [6.07, 6.45) is 0.976. The summed E-state index contributed by atoms with van der Waals surface area (Å²) in [5.74, 6) is 0.505. The Morgan fingerprint density at radius 3 is 2.70 bits per heavy atom. The number of fused-ring (bicyclic) bond motifs is 1. The topological polar surface area (TPSA) is 42.0 Å². The van der Waals surface area contributed by atoms with Crippen LogP contribution in [0.5, 0.6) is 11.5 Å². The Labute approximate surface area is 158 Å². The van der Waals surface area contributed by atoms with Crippen LogP contribution in [0.25, 0.3) is 0 Å². The average molecular weight is 370 g/mol. The second kappa shape index (κ2) is 7.56. The van der Waals surface area contributed by atoms with Gasteiger partial charge in [0.1, 0.15) is 5.75 Å². The molecule has 142 valence electrons. The number of carbonyl (C=O) groups excluding carboxylic acids is 1. The summed E-state index contributed by atoms with van der Waals surface area (Å²) in [4.78, 5) is 16.8. The first kappa shape index (κ1) is 17.8. The van der Waals surface area contributed by atoms with E-state index in [1.54, 1.807) is 11.0 Å². The highest BCUT2D eigenvalue weighted by atomic mass is 19.1. The maximum Gasteiger partial charge on any atom is 0.254 e. The number of amides is 1. The molecule has 6 heteroatoms. The van der Waals surface area contributed by atoms with E-state index in [9.17, 15) is 9.18 Å². The molecule has 1 saturated heterocycles. The van der Waals surface area contributed by atoms with Crippen molar-refractivity contribution < 1.29 is 18.7 Å². The lowest BCUT2D eigenvalue weighted by Gasteiger charge is -2.35. The van der Waals surface area contributed by atoms with Crippen LogP contribution in [0.2, 0.25) is 0 Å². The highest BCUT2D eigenvalue weighted by molar-refractivity contribution is 5.94. The molecule has 0 radical (unpaired) electrons. The van der Waals surface area contributed by atoms with E-state index in [2.05, 4.69) is 23.1 Å². The van der Waals surface area contributed by atoms with Crippen LogP contribution in [0.1, 0.15) is 21.5 Å². The number of hydrogen-bond acceptors (Lipinski definition) is 4. The summed E-state index contributed by atoms with van der Waals surface area (Å²) in [5, 5.41) is 0. The maximum atomic E-state index is 13.9. The second-order valence-electron chi connectivity index (χ2n) is 6.96. The molecule has 2 aliphatic rings. The van der Waals surface area contributed by atoms with E-state index in [-0.39, 0.29) is 11.7 Å². The Morgan fingerprint density at radius 2 is 1.96 bits per heavy atom. The minimum atomic E-state index is -0.512. The van der Waals surface area contributed by atoms with Crippen molar-refractivity contribution in [3.05, 3.63) is 58.9 Å². The van der Waals surface area contributed by atoms with Gasteiger partial charge >= 0.3 is 0 Å². The number of piperazine rings is 1. The summed E-state index contributed by atoms with van der Waals surface area (Å²) < 4.78 is 24.3. The summed E-state index contributed by atoms with van der Waals surface area (Å²) >= 11 is 0. The van der Waals surface area contributed by atoms with Gasteiger partial charge in [0.2, 0.25) is 0 Å². The van der Waals surface area contributed by atoms with E-state index in [0.717, 1.165) is 38.4 Å². The van der Waals surface area contributed by atoms with E-state index in [1.165, 1.54) is 30.4 Å². The third-order valence-corrected chi connectivity index (χ3v) is 5.22. The molecule has 2 heterocycles. The van der Waals surface area contributed by atoms with Crippen LogP contribution in [-0.4, -0.2) is 55.6 Å². The summed E-state index contributed by atoms with van der Waals surface area (Å²) in [6.45, 7) is 4.52. The zero-order chi connectivity index (χ0) is 18.8. The Morgan fingerprint density at radius 1 is 1.15 bits per heavy atom. The summed E-state index contributed by atoms with van der Waals surface area (Å²) in [6, 6.07) is 10.7. The van der Waals surface area contributed by atoms with Crippen molar-refractivity contribution in [2.45, 2.75) is 13.0 Å². The Hall–Kier alpha value is -2.60. The predicted octanol–water partition coefficient (Wildman–Crippen LogP) is 2.73. The van der Waals surface area contributed by atoms with Gasteiger partial charge in [0.25, 0.3) is 5.91 Å². The Kier molecular flexibility index (Phi) is 4.99. The quantitative estimate of drug-likeness (QED) is 0.830. The molecule has 0 spiro atoms. The number of ether oxygens (including phenoxy) is 2. The summed E-state index contributed by atoms with van der Waals surface area (Å²) in [5.41, 5.74) is 2.92. The third kappa shape index (κ3) is 3.76. The average Bonchev–Trinajstić information content (AvgIpc) is 3.16. The highest BCUT2D eigenvalue weighted by Crippen LogP contribution is 2.26. The van der Waals surface area contributed by atoms with E-state index in [4.69, 9.17) is 9.47 Å². The molecule has 5 nitrogen and oxygen atoms in total. The number of halogens is 1. The highest BCUT2D eigenvalue weighted by Gasteiger charge is 2.23. The number of rotatable bonds is 4. The number of methoxy groups -OCH3 is 1. The van der Waals surface area contributed by atoms with Crippen molar-refractivity contribution in [3.63, 3.8) is 0 Å². The molecule has 1 amide bonds. The van der Waals surface area contributed by atoms with Crippen LogP contribution < -0.4 is 9.47 Å². The zero-order valence-corrected chi connectivity index (χ0v) is 15.4. The molecule has 1 fully saturated rings. The van der Waals surface area contributed by atoms with Gasteiger partial charge in [0.05, 0.1) is 13.7 Å². The van der Waals surface area contributed by atoms with Crippen LogP contribution in [0, 0.1) is 5.82 Å². The van der Waals surface area contributed by atoms with Crippen LogP contribution in [0.4, 0.5) is 4.39 Å². The summed E-state index contributed by atoms with van der Waals surface area (Å²) in [7, 11) is 1.41. The fraction of sp³-hybridized carbons (Fsp3) is 0.381. The van der Waals surface area contributed by atoms with Gasteiger partial charge in [-0.05, 0) is 35.4 Å². The Bertz CT molecular complexity index is 847. The number of hydrogen-bond donors (Lipinski definition) is 0. The van der Waals surface area contributed by atoms with Crippen molar-refractivity contribution in [1.29, 1.82) is 0 Å². The fourth-order valence-corrected chi connectivity index (χ4v) is 3.69. The van der Waals surface area contributed by atoms with Crippen LogP contribution in [0.3, 0.4) is 0 Å². The van der Waals surface area contributed by atoms with Gasteiger partial charge in [0, 0.05) is 44.7 Å². The molecule has 27 heavy (non-hydrogen) atoms. The fourth-order valence-electron chi connectivity index (χ4n) is 3.69. The van der Waals surface area contributed by atoms with E-state index in [1.807, 2.05) is 0 Å². The van der Waals surface area contributed by atoms with Gasteiger partial charge in [0.15, 0.2) is 11.6 Å². The molecule has 0 aliphatic carbocycles. The molecule has 0 unspecified atom stereocenters. The zero-order valence-electron chi connectivity index (χ0n) is 15.4. The molecule has 0 saturated carbocycles. The lowest BCUT2D eigenvalue weighted by molar-refractivity contribution is 0.0628. The van der Waals surface area contributed by atoms with Crippen LogP contribution >= 0.6 is 0 Å². The molecule has 4 rings (SSSR count). The Balaban J connectivity index is 1.34. The minimum absolute atomic E-state index is 0.133. The van der Waals surface area contributed by atoms with E-state index in [0.29, 0.717) is 18.7 Å². The smallest absolute Gasteiger partial charge is 0.254 e. The normalized spacial score (nSPS) is 16.7. The first-order valence-electron chi connectivity index (χ1n) is 9.24. The standard InChI is InChI=1S/C21H23FN2O3/c1-26-20-5-3-17(13-18(20)22)21(25)24-9-7-23(8-10-24)14-15-2-4-19-16(12-15)6-11-27-19/h2-5,12-13H,6-11,14H2,1H3. The molecular formula is C21H23FN2O3. The van der Waals surface area contributed by atoms with Crippen molar-refractivity contribution in [2.24, 2.45) is 0 Å². The first-order valence-corrected chi connectivity index (χ1v) is 9.24. The van der Waals surface area contributed by atoms with Crippen molar-refractivity contribution in [3.8, 4) is 11.5 Å². The monoisotopic (exact) mass is 370 g/mol. The van der Waals surface area contributed by atoms with Gasteiger partial charge in [-0.3, -0.25) is 9.69 Å². The second-order valence-corrected chi connectivity index (χ2v) is 6.96. The maximum absolute atomic E-state index is 13.9. The van der Waals surface area contributed by atoms with Gasteiger partial charge in [-0.15, -0.1) is 0 Å². The third-order valence-electron chi connectivity index (χ3n) is 5.22. The van der Waals surface area contributed by atoms with E-state index < -0.39 is 5.82 Å². The van der Waals surface area contributed by atoms with Gasteiger partial charge in [-0.2, -0.15) is 0 Å². The van der Waals surface area contributed by atoms with Gasteiger partial charge < -0.3 is 14.4 Å². The van der Waals surface area contributed by atoms with Crippen molar-refractivity contribution in [1.82, 2.24) is 9.80 Å². The first-order chi connectivity index (χ1) is 13.1. The van der Waals surface area contributed by atoms with Crippen LogP contribution in [0.15, 0.2) is 36.4 Å². The number of benzene rings is 2. The molecular weight excluding hydrogens is 347 g/mol. The lowest BCUT2D eigenvalue weighted by atomic mass is 10.1. The molecule has 2 aromatic carbocycles. The van der Waals surface area contributed by atoms with Gasteiger partial charge in [-0.25, -0.2) is 4.39 Å². The molecule has 0 bridgehead atoms.